The van der Waals surface area contributed by atoms with Crippen LogP contribution in [0.1, 0.15) is 56.2 Å². The van der Waals surface area contributed by atoms with E-state index in [4.69, 9.17) is 0 Å². The van der Waals surface area contributed by atoms with Crippen LogP contribution in [-0.2, 0) is 15.6 Å². The van der Waals surface area contributed by atoms with Gasteiger partial charge in [-0.15, -0.1) is 0 Å². The number of hydrogen-bond acceptors (Lipinski definition) is 3. The van der Waals surface area contributed by atoms with Crippen molar-refractivity contribution in [2.45, 2.75) is 50.5 Å². The highest BCUT2D eigenvalue weighted by Crippen LogP contribution is 2.46. The maximum atomic E-state index is 14.4. The summed E-state index contributed by atoms with van der Waals surface area (Å²) in [7, 11) is -1.03. The number of hydrogen-bond donors (Lipinski definition) is 0. The van der Waals surface area contributed by atoms with Gasteiger partial charge in [0.2, 0.25) is 5.91 Å². The van der Waals surface area contributed by atoms with Crippen LogP contribution >= 0.6 is 0 Å². The molecule has 3 aliphatic rings. The molecule has 5 rings (SSSR count). The number of carbonyl (C=O) groups excluding carboxylic acids is 1. The summed E-state index contributed by atoms with van der Waals surface area (Å²) in [6.45, 7) is 8.06. The number of allylic oxidation sites excluding steroid dienone is 2. The fourth-order valence-corrected chi connectivity index (χ4v) is 6.66. The molecule has 190 valence electrons. The molecule has 0 spiro atoms. The van der Waals surface area contributed by atoms with E-state index in [0.717, 1.165) is 77.3 Å². The standard InChI is InChI=1S/C30H35FN2O2S/c1-20-27(17-22-8-11-25(12-9-22)36(3)35)26-13-10-23(31)18-28(26)29(20)21(2)30(34)33-16-6-7-24(33)19-32-14-4-5-15-32/h8-13,17-18,21,24H,4-7,14-16,19H2,1-3H3/b27-17-/t21?,24-,36?/m0/s1. The van der Waals surface area contributed by atoms with Gasteiger partial charge in [-0.05, 0) is 116 Å². The van der Waals surface area contributed by atoms with Gasteiger partial charge < -0.3 is 9.80 Å². The van der Waals surface area contributed by atoms with Crippen molar-refractivity contribution >= 4 is 33.9 Å². The van der Waals surface area contributed by atoms with E-state index in [1.807, 2.05) is 44.2 Å². The zero-order chi connectivity index (χ0) is 25.4. The van der Waals surface area contributed by atoms with Crippen LogP contribution in [-0.4, -0.2) is 58.4 Å². The van der Waals surface area contributed by atoms with Gasteiger partial charge in [0.25, 0.3) is 0 Å². The smallest absolute Gasteiger partial charge is 0.230 e. The number of nitrogens with zero attached hydrogens (tertiary/aromatic N) is 2. The van der Waals surface area contributed by atoms with Crippen LogP contribution in [0.5, 0.6) is 0 Å². The molecule has 0 radical (unpaired) electrons. The fourth-order valence-electron chi connectivity index (χ4n) is 6.14. The highest BCUT2D eigenvalue weighted by molar-refractivity contribution is 7.84. The molecular weight excluding hydrogens is 471 g/mol. The molecule has 2 saturated heterocycles. The van der Waals surface area contributed by atoms with Crippen LogP contribution in [0, 0.1) is 11.7 Å². The van der Waals surface area contributed by atoms with Crippen molar-refractivity contribution in [1.82, 2.24) is 9.80 Å². The van der Waals surface area contributed by atoms with E-state index in [1.165, 1.54) is 18.9 Å². The third-order valence-corrected chi connectivity index (χ3v) is 8.96. The summed E-state index contributed by atoms with van der Waals surface area (Å²) in [5, 5.41) is 0. The Kier molecular flexibility index (Phi) is 7.27. The quantitative estimate of drug-likeness (QED) is 0.511. The zero-order valence-corrected chi connectivity index (χ0v) is 22.2. The Bertz CT molecular complexity index is 1240. The monoisotopic (exact) mass is 506 g/mol. The van der Waals surface area contributed by atoms with Crippen molar-refractivity contribution in [3.05, 3.63) is 70.5 Å². The molecule has 0 bridgehead atoms. The molecule has 3 atom stereocenters. The average molecular weight is 507 g/mol. The molecule has 2 aromatic carbocycles. The minimum atomic E-state index is -1.03. The van der Waals surface area contributed by atoms with Crippen molar-refractivity contribution in [2.75, 3.05) is 32.4 Å². The number of carbonyl (C=O) groups is 1. The van der Waals surface area contributed by atoms with Crippen LogP contribution in [0.15, 0.2) is 52.9 Å². The lowest BCUT2D eigenvalue weighted by atomic mass is 9.92. The van der Waals surface area contributed by atoms with Crippen molar-refractivity contribution in [1.29, 1.82) is 0 Å². The minimum absolute atomic E-state index is 0.150. The Labute approximate surface area is 216 Å². The Morgan fingerprint density at radius 1 is 1.08 bits per heavy atom. The Balaban J connectivity index is 1.47. The van der Waals surface area contributed by atoms with Crippen LogP contribution in [0.4, 0.5) is 4.39 Å². The molecule has 0 N–H and O–H groups in total. The molecule has 36 heavy (non-hydrogen) atoms. The molecule has 2 aliphatic heterocycles. The second-order valence-corrected chi connectivity index (χ2v) is 11.7. The van der Waals surface area contributed by atoms with E-state index in [9.17, 15) is 13.4 Å². The van der Waals surface area contributed by atoms with Crippen molar-refractivity contribution in [3.8, 4) is 0 Å². The van der Waals surface area contributed by atoms with Crippen LogP contribution in [0.2, 0.25) is 0 Å². The first kappa shape index (κ1) is 25.1. The highest BCUT2D eigenvalue weighted by atomic mass is 32.2. The maximum absolute atomic E-state index is 14.4. The van der Waals surface area contributed by atoms with E-state index >= 15 is 0 Å². The largest absolute Gasteiger partial charge is 0.338 e. The van der Waals surface area contributed by atoms with E-state index in [2.05, 4.69) is 15.9 Å². The van der Waals surface area contributed by atoms with Gasteiger partial charge in [0.05, 0.1) is 5.92 Å². The van der Waals surface area contributed by atoms with E-state index in [-0.39, 0.29) is 23.7 Å². The lowest BCUT2D eigenvalue weighted by molar-refractivity contribution is -0.134. The van der Waals surface area contributed by atoms with Gasteiger partial charge >= 0.3 is 0 Å². The normalized spacial score (nSPS) is 22.9. The fraction of sp³-hybridized carbons (Fsp3) is 0.433. The average Bonchev–Trinajstić information content (AvgIpc) is 3.60. The SMILES string of the molecule is CC1=C(C(C)C(=O)N2CCC[C@H]2CN2CCCC2)c2cc(F)ccc2/C1=C\c1ccc(S(C)=O)cc1. The third-order valence-electron chi connectivity index (χ3n) is 8.02. The molecule has 0 aromatic heterocycles. The van der Waals surface area contributed by atoms with Crippen LogP contribution in [0.3, 0.4) is 0 Å². The Morgan fingerprint density at radius 3 is 2.50 bits per heavy atom. The van der Waals surface area contributed by atoms with Crippen molar-refractivity contribution in [3.63, 3.8) is 0 Å². The Hall–Kier alpha value is -2.57. The lowest BCUT2D eigenvalue weighted by Crippen LogP contribution is -2.44. The molecule has 2 fully saturated rings. The third kappa shape index (κ3) is 4.85. The summed E-state index contributed by atoms with van der Waals surface area (Å²) in [6.07, 6.45) is 8.36. The van der Waals surface area contributed by atoms with Gasteiger partial charge in [0.1, 0.15) is 5.82 Å². The predicted molar refractivity (Wildman–Crippen MR) is 145 cm³/mol. The molecule has 4 nitrogen and oxygen atoms in total. The van der Waals surface area contributed by atoms with Gasteiger partial charge in [-0.25, -0.2) is 4.39 Å². The van der Waals surface area contributed by atoms with Gasteiger partial charge in [-0.2, -0.15) is 0 Å². The molecule has 1 aliphatic carbocycles. The molecule has 2 heterocycles. The molecular formula is C30H35FN2O2S. The molecule has 6 heteroatoms. The van der Waals surface area contributed by atoms with Gasteiger partial charge in [-0.1, -0.05) is 18.2 Å². The number of fused-ring (bicyclic) bond motifs is 1. The number of benzene rings is 2. The van der Waals surface area contributed by atoms with E-state index in [0.29, 0.717) is 0 Å². The summed E-state index contributed by atoms with van der Waals surface area (Å²) in [5.74, 6) is -0.486. The summed E-state index contributed by atoms with van der Waals surface area (Å²) in [5.41, 5.74) is 5.73. The first-order valence-electron chi connectivity index (χ1n) is 13.0. The maximum Gasteiger partial charge on any atom is 0.230 e. The number of likely N-dealkylation sites (tertiary alicyclic amines) is 2. The van der Waals surface area contributed by atoms with Gasteiger partial charge in [-0.3, -0.25) is 9.00 Å². The lowest BCUT2D eigenvalue weighted by Gasteiger charge is -2.31. The number of amides is 1. The number of rotatable bonds is 6. The van der Waals surface area contributed by atoms with E-state index in [1.54, 1.807) is 12.3 Å². The first-order chi connectivity index (χ1) is 17.3. The second-order valence-electron chi connectivity index (χ2n) is 10.4. The van der Waals surface area contributed by atoms with Gasteiger partial charge in [0, 0.05) is 41.1 Å². The summed E-state index contributed by atoms with van der Waals surface area (Å²) < 4.78 is 26.2. The van der Waals surface area contributed by atoms with Crippen LogP contribution < -0.4 is 0 Å². The first-order valence-corrected chi connectivity index (χ1v) is 14.6. The summed E-state index contributed by atoms with van der Waals surface area (Å²) in [6, 6.07) is 12.8. The minimum Gasteiger partial charge on any atom is -0.338 e. The molecule has 0 saturated carbocycles. The Morgan fingerprint density at radius 2 is 1.81 bits per heavy atom. The van der Waals surface area contributed by atoms with E-state index < -0.39 is 10.8 Å². The van der Waals surface area contributed by atoms with Crippen molar-refractivity contribution in [2.24, 2.45) is 5.92 Å². The molecule has 1 amide bonds. The van der Waals surface area contributed by atoms with Crippen molar-refractivity contribution < 1.29 is 13.4 Å². The van der Waals surface area contributed by atoms with Crippen LogP contribution in [0.25, 0.3) is 17.2 Å². The molecule has 2 aromatic rings. The summed E-state index contributed by atoms with van der Waals surface area (Å²) >= 11 is 0. The molecule has 2 unspecified atom stereocenters. The highest BCUT2D eigenvalue weighted by Gasteiger charge is 2.37. The predicted octanol–water partition coefficient (Wildman–Crippen LogP) is 5.61. The zero-order valence-electron chi connectivity index (χ0n) is 21.4. The second kappa shape index (κ2) is 10.4. The summed E-state index contributed by atoms with van der Waals surface area (Å²) in [4.78, 5) is 19.2. The number of halogens is 1. The van der Waals surface area contributed by atoms with Gasteiger partial charge in [0.15, 0.2) is 0 Å². The topological polar surface area (TPSA) is 40.6 Å².